The van der Waals surface area contributed by atoms with Gasteiger partial charge >= 0.3 is 0 Å². The fourth-order valence-corrected chi connectivity index (χ4v) is 2.51. The fourth-order valence-electron chi connectivity index (χ4n) is 1.81. The SMILES string of the molecule is NCCOc1cccc(Nc2ccccc2S(N)(=O)=O)c1. The molecule has 2 aromatic rings. The van der Waals surface area contributed by atoms with Crippen molar-refractivity contribution < 1.29 is 13.2 Å². The van der Waals surface area contributed by atoms with E-state index in [0.717, 1.165) is 0 Å². The Balaban J connectivity index is 2.27. The maximum absolute atomic E-state index is 11.6. The number of anilines is 2. The van der Waals surface area contributed by atoms with E-state index in [1.165, 1.54) is 6.07 Å². The van der Waals surface area contributed by atoms with Crippen LogP contribution in [0.3, 0.4) is 0 Å². The molecule has 6 nitrogen and oxygen atoms in total. The molecule has 0 aliphatic heterocycles. The second kappa shape index (κ2) is 6.57. The number of hydrogen-bond donors (Lipinski definition) is 3. The molecule has 0 aliphatic carbocycles. The summed E-state index contributed by atoms with van der Waals surface area (Å²) in [6.07, 6.45) is 0. The van der Waals surface area contributed by atoms with Crippen LogP contribution in [0.4, 0.5) is 11.4 Å². The number of ether oxygens (including phenoxy) is 1. The van der Waals surface area contributed by atoms with Gasteiger partial charge in [-0.15, -0.1) is 0 Å². The van der Waals surface area contributed by atoms with E-state index in [2.05, 4.69) is 5.32 Å². The van der Waals surface area contributed by atoms with Crippen LogP contribution in [0.2, 0.25) is 0 Å². The van der Waals surface area contributed by atoms with E-state index >= 15 is 0 Å². The molecule has 0 amide bonds. The van der Waals surface area contributed by atoms with E-state index in [1.54, 1.807) is 42.5 Å². The number of rotatable bonds is 6. The first-order valence-electron chi connectivity index (χ1n) is 6.32. The van der Waals surface area contributed by atoms with Gasteiger partial charge in [0.1, 0.15) is 17.3 Å². The number of para-hydroxylation sites is 1. The summed E-state index contributed by atoms with van der Waals surface area (Å²) in [6.45, 7) is 0.836. The lowest BCUT2D eigenvalue weighted by Gasteiger charge is -2.12. The minimum absolute atomic E-state index is 0.0401. The highest BCUT2D eigenvalue weighted by atomic mass is 32.2. The van der Waals surface area contributed by atoms with Crippen molar-refractivity contribution >= 4 is 21.4 Å². The molecule has 0 atom stereocenters. The molecule has 0 unspecified atom stereocenters. The monoisotopic (exact) mass is 307 g/mol. The van der Waals surface area contributed by atoms with E-state index in [0.29, 0.717) is 30.3 Å². The molecular formula is C14H17N3O3S. The lowest BCUT2D eigenvalue weighted by Crippen LogP contribution is -2.14. The van der Waals surface area contributed by atoms with E-state index in [9.17, 15) is 8.42 Å². The smallest absolute Gasteiger partial charge is 0.240 e. The van der Waals surface area contributed by atoms with Crippen LogP contribution in [0.5, 0.6) is 5.75 Å². The standard InChI is InChI=1S/C14H17N3O3S/c15-8-9-20-12-5-3-4-11(10-12)17-13-6-1-2-7-14(13)21(16,18)19/h1-7,10,17H,8-9,15H2,(H2,16,18,19). The molecule has 0 radical (unpaired) electrons. The van der Waals surface area contributed by atoms with Crippen LogP contribution < -0.4 is 20.9 Å². The number of nitrogens with two attached hydrogens (primary N) is 2. The fraction of sp³-hybridized carbons (Fsp3) is 0.143. The summed E-state index contributed by atoms with van der Waals surface area (Å²) in [6, 6.07) is 13.6. The highest BCUT2D eigenvalue weighted by Gasteiger charge is 2.13. The van der Waals surface area contributed by atoms with Crippen LogP contribution >= 0.6 is 0 Å². The van der Waals surface area contributed by atoms with Crippen LogP contribution in [0.25, 0.3) is 0 Å². The lowest BCUT2D eigenvalue weighted by atomic mass is 10.2. The molecule has 0 aromatic heterocycles. The summed E-state index contributed by atoms with van der Waals surface area (Å²) < 4.78 is 28.5. The molecule has 0 saturated heterocycles. The first-order valence-corrected chi connectivity index (χ1v) is 7.87. The zero-order valence-corrected chi connectivity index (χ0v) is 12.1. The van der Waals surface area contributed by atoms with Crippen molar-refractivity contribution in [3.8, 4) is 5.75 Å². The maximum Gasteiger partial charge on any atom is 0.240 e. The molecule has 2 rings (SSSR count). The van der Waals surface area contributed by atoms with Crippen molar-refractivity contribution in [1.82, 2.24) is 0 Å². The second-order valence-corrected chi connectivity index (χ2v) is 5.86. The van der Waals surface area contributed by atoms with E-state index in [-0.39, 0.29) is 4.90 Å². The number of primary sulfonamides is 1. The Morgan fingerprint density at radius 1 is 1.10 bits per heavy atom. The number of benzene rings is 2. The minimum Gasteiger partial charge on any atom is -0.492 e. The van der Waals surface area contributed by atoms with Gasteiger partial charge < -0.3 is 15.8 Å². The van der Waals surface area contributed by atoms with Crippen LogP contribution in [-0.2, 0) is 10.0 Å². The Morgan fingerprint density at radius 2 is 1.86 bits per heavy atom. The van der Waals surface area contributed by atoms with Gasteiger partial charge in [-0.05, 0) is 24.3 Å². The first kappa shape index (κ1) is 15.3. The number of hydrogen-bond acceptors (Lipinski definition) is 5. The minimum atomic E-state index is -3.79. The summed E-state index contributed by atoms with van der Waals surface area (Å²) in [5.74, 6) is 0.651. The van der Waals surface area contributed by atoms with Gasteiger partial charge in [0, 0.05) is 18.3 Å². The zero-order chi connectivity index (χ0) is 15.3. The van der Waals surface area contributed by atoms with Crippen molar-refractivity contribution in [1.29, 1.82) is 0 Å². The molecule has 5 N–H and O–H groups in total. The Bertz CT molecular complexity index is 717. The van der Waals surface area contributed by atoms with E-state index in [1.807, 2.05) is 0 Å². The maximum atomic E-state index is 11.6. The normalized spacial score (nSPS) is 11.1. The molecule has 7 heteroatoms. The van der Waals surface area contributed by atoms with Gasteiger partial charge in [0.25, 0.3) is 0 Å². The third-order valence-electron chi connectivity index (χ3n) is 2.69. The molecule has 2 aromatic carbocycles. The summed E-state index contributed by atoms with van der Waals surface area (Å²) in [7, 11) is -3.79. The summed E-state index contributed by atoms with van der Waals surface area (Å²) in [5, 5.41) is 8.23. The third kappa shape index (κ3) is 4.19. The molecule has 0 heterocycles. The average Bonchev–Trinajstić information content (AvgIpc) is 2.45. The molecule has 112 valence electrons. The van der Waals surface area contributed by atoms with Crippen LogP contribution in [0, 0.1) is 0 Å². The highest BCUT2D eigenvalue weighted by Crippen LogP contribution is 2.25. The van der Waals surface area contributed by atoms with Crippen LogP contribution in [-0.4, -0.2) is 21.6 Å². The third-order valence-corrected chi connectivity index (χ3v) is 3.66. The largest absolute Gasteiger partial charge is 0.492 e. The first-order chi connectivity index (χ1) is 10.0. The molecule has 0 saturated carbocycles. The predicted molar refractivity (Wildman–Crippen MR) is 82.1 cm³/mol. The molecule has 0 fully saturated rings. The van der Waals surface area contributed by atoms with Crippen molar-refractivity contribution in [2.75, 3.05) is 18.5 Å². The van der Waals surface area contributed by atoms with Gasteiger partial charge in [0.15, 0.2) is 0 Å². The van der Waals surface area contributed by atoms with E-state index in [4.69, 9.17) is 15.6 Å². The molecule has 0 spiro atoms. The van der Waals surface area contributed by atoms with Gasteiger partial charge in [-0.25, -0.2) is 13.6 Å². The molecule has 0 aliphatic rings. The summed E-state index contributed by atoms with van der Waals surface area (Å²) >= 11 is 0. The Hall–Kier alpha value is -2.09. The molecule has 0 bridgehead atoms. The van der Waals surface area contributed by atoms with Gasteiger partial charge in [0.05, 0.1) is 5.69 Å². The van der Waals surface area contributed by atoms with Crippen molar-refractivity contribution in [3.05, 3.63) is 48.5 Å². The topological polar surface area (TPSA) is 107 Å². The van der Waals surface area contributed by atoms with Crippen LogP contribution in [0.15, 0.2) is 53.4 Å². The predicted octanol–water partition coefficient (Wildman–Crippen LogP) is 1.42. The van der Waals surface area contributed by atoms with Gasteiger partial charge in [-0.3, -0.25) is 0 Å². The number of nitrogens with one attached hydrogen (secondary N) is 1. The lowest BCUT2D eigenvalue weighted by molar-refractivity contribution is 0.328. The molecular weight excluding hydrogens is 290 g/mol. The van der Waals surface area contributed by atoms with Crippen molar-refractivity contribution in [2.45, 2.75) is 4.90 Å². The second-order valence-electron chi connectivity index (χ2n) is 4.33. The van der Waals surface area contributed by atoms with Crippen molar-refractivity contribution in [3.63, 3.8) is 0 Å². The zero-order valence-electron chi connectivity index (χ0n) is 11.3. The number of sulfonamides is 1. The average molecular weight is 307 g/mol. The van der Waals surface area contributed by atoms with Gasteiger partial charge in [-0.1, -0.05) is 18.2 Å². The van der Waals surface area contributed by atoms with Gasteiger partial charge in [-0.2, -0.15) is 0 Å². The Labute approximate surface area is 123 Å². The van der Waals surface area contributed by atoms with Gasteiger partial charge in [0.2, 0.25) is 10.0 Å². The van der Waals surface area contributed by atoms with Crippen LogP contribution in [0.1, 0.15) is 0 Å². The Kier molecular flexibility index (Phi) is 4.79. The quantitative estimate of drug-likeness (QED) is 0.748. The van der Waals surface area contributed by atoms with Crippen molar-refractivity contribution in [2.24, 2.45) is 10.9 Å². The summed E-state index contributed by atoms with van der Waals surface area (Å²) in [4.78, 5) is 0.0401. The highest BCUT2D eigenvalue weighted by molar-refractivity contribution is 7.89. The van der Waals surface area contributed by atoms with E-state index < -0.39 is 10.0 Å². The Morgan fingerprint density at radius 3 is 2.57 bits per heavy atom. The summed E-state index contributed by atoms with van der Waals surface area (Å²) in [5.41, 5.74) is 6.49. The molecule has 21 heavy (non-hydrogen) atoms.